The molecule has 1 rings (SSSR count). The lowest BCUT2D eigenvalue weighted by atomic mass is 9.86. The average molecular weight is 239 g/mol. The van der Waals surface area contributed by atoms with Crippen LogP contribution in [0, 0.1) is 12.3 Å². The largest absolute Gasteiger partial charge is 0.507 e. The summed E-state index contributed by atoms with van der Waals surface area (Å²) in [6.45, 7) is 3.87. The van der Waals surface area contributed by atoms with Crippen LogP contribution in [0.2, 0.25) is 0 Å². The summed E-state index contributed by atoms with van der Waals surface area (Å²) in [4.78, 5) is 0. The van der Waals surface area contributed by atoms with Gasteiger partial charge in [-0.15, -0.1) is 6.42 Å². The van der Waals surface area contributed by atoms with Crippen molar-refractivity contribution in [2.45, 2.75) is 19.3 Å². The Balaban J connectivity index is 3.33. The molecule has 0 bridgehead atoms. The smallest absolute Gasteiger partial charge is 0.130 e. The Bertz CT molecular complexity index is 361. The lowest BCUT2D eigenvalue weighted by Gasteiger charge is -2.19. The molecule has 0 aliphatic carbocycles. The number of rotatable bonds is 1. The maximum absolute atomic E-state index is 9.44. The van der Waals surface area contributed by atoms with E-state index in [9.17, 15) is 5.11 Å². The van der Waals surface area contributed by atoms with Crippen molar-refractivity contribution >= 4 is 15.9 Å². The van der Waals surface area contributed by atoms with E-state index < -0.39 is 0 Å². The van der Waals surface area contributed by atoms with Crippen molar-refractivity contribution in [1.82, 2.24) is 0 Å². The molecular formula is C11H11BrO. The highest BCUT2D eigenvalue weighted by Crippen LogP contribution is 2.34. The fourth-order valence-electron chi connectivity index (χ4n) is 1.08. The third kappa shape index (κ3) is 1.87. The van der Waals surface area contributed by atoms with Gasteiger partial charge in [-0.2, -0.15) is 0 Å². The zero-order valence-corrected chi connectivity index (χ0v) is 9.22. The van der Waals surface area contributed by atoms with Gasteiger partial charge in [-0.25, -0.2) is 0 Å². The quantitative estimate of drug-likeness (QED) is 0.746. The molecule has 1 N–H and O–H groups in total. The first-order valence-corrected chi connectivity index (χ1v) is 4.74. The fourth-order valence-corrected chi connectivity index (χ4v) is 1.84. The molecule has 2 heteroatoms. The molecule has 0 saturated carbocycles. The molecule has 0 aliphatic heterocycles. The van der Waals surface area contributed by atoms with Crippen LogP contribution >= 0.6 is 15.9 Å². The molecule has 0 aromatic heterocycles. The Hall–Kier alpha value is -0.940. The minimum absolute atomic E-state index is 0.223. The van der Waals surface area contributed by atoms with E-state index >= 15 is 0 Å². The number of aromatic hydroxyl groups is 1. The third-order valence-electron chi connectivity index (χ3n) is 2.01. The van der Waals surface area contributed by atoms with Gasteiger partial charge in [0.1, 0.15) is 5.75 Å². The highest BCUT2D eigenvalue weighted by molar-refractivity contribution is 9.10. The van der Waals surface area contributed by atoms with Gasteiger partial charge in [0.2, 0.25) is 0 Å². The van der Waals surface area contributed by atoms with E-state index in [0.29, 0.717) is 4.47 Å². The lowest BCUT2D eigenvalue weighted by molar-refractivity contribution is 0.469. The number of hydrogen-bond donors (Lipinski definition) is 1. The summed E-state index contributed by atoms with van der Waals surface area (Å²) in [5.41, 5.74) is 0.562. The minimum Gasteiger partial charge on any atom is -0.507 e. The van der Waals surface area contributed by atoms with E-state index in [1.807, 2.05) is 19.9 Å². The average Bonchev–Trinajstić information content (AvgIpc) is 2.09. The van der Waals surface area contributed by atoms with E-state index in [1.54, 1.807) is 12.1 Å². The summed E-state index contributed by atoms with van der Waals surface area (Å²) in [7, 11) is 0. The highest BCUT2D eigenvalue weighted by atomic mass is 79.9. The predicted molar refractivity (Wildman–Crippen MR) is 57.7 cm³/mol. The van der Waals surface area contributed by atoms with Crippen LogP contribution in [-0.2, 0) is 5.41 Å². The molecule has 68 valence electrons. The lowest BCUT2D eigenvalue weighted by Crippen LogP contribution is -2.14. The minimum atomic E-state index is -0.364. The Morgan fingerprint density at radius 2 is 2.08 bits per heavy atom. The molecule has 1 nitrogen and oxygen atoms in total. The summed E-state index contributed by atoms with van der Waals surface area (Å²) in [5.74, 6) is 2.91. The maximum Gasteiger partial charge on any atom is 0.130 e. The Labute approximate surface area is 86.9 Å². The molecule has 0 amide bonds. The van der Waals surface area contributed by atoms with Crippen LogP contribution in [0.3, 0.4) is 0 Å². The number of halogens is 1. The fraction of sp³-hybridized carbons (Fsp3) is 0.273. The van der Waals surface area contributed by atoms with E-state index in [4.69, 9.17) is 6.42 Å². The van der Waals surface area contributed by atoms with Gasteiger partial charge in [-0.3, -0.25) is 0 Å². The molecule has 0 saturated heterocycles. The molecular weight excluding hydrogens is 228 g/mol. The zero-order valence-electron chi connectivity index (χ0n) is 7.63. The first-order valence-electron chi connectivity index (χ1n) is 3.95. The standard InChI is InChI=1S/C11H11BrO/c1-4-11(2,3)8-6-5-7-9(13)10(8)12/h1,5-7,13H,2-3H3. The van der Waals surface area contributed by atoms with Gasteiger partial charge in [0.25, 0.3) is 0 Å². The van der Waals surface area contributed by atoms with Gasteiger partial charge >= 0.3 is 0 Å². The van der Waals surface area contributed by atoms with Crippen LogP contribution in [0.25, 0.3) is 0 Å². The molecule has 13 heavy (non-hydrogen) atoms. The molecule has 0 unspecified atom stereocenters. The van der Waals surface area contributed by atoms with E-state index in [1.165, 1.54) is 0 Å². The molecule has 0 atom stereocenters. The van der Waals surface area contributed by atoms with E-state index in [0.717, 1.165) is 5.56 Å². The third-order valence-corrected chi connectivity index (χ3v) is 2.85. The summed E-state index contributed by atoms with van der Waals surface area (Å²) < 4.78 is 0.679. The molecule has 0 heterocycles. The second-order valence-electron chi connectivity index (χ2n) is 3.41. The number of benzene rings is 1. The molecule has 0 fully saturated rings. The van der Waals surface area contributed by atoms with Gasteiger partial charge in [0.15, 0.2) is 0 Å². The Kier molecular flexibility index (Phi) is 2.68. The first kappa shape index (κ1) is 10.1. The molecule has 1 aromatic rings. The summed E-state index contributed by atoms with van der Waals surface area (Å²) >= 11 is 3.31. The SMILES string of the molecule is C#CC(C)(C)c1cccc(O)c1Br. The topological polar surface area (TPSA) is 20.2 Å². The summed E-state index contributed by atoms with van der Waals surface area (Å²) in [5, 5.41) is 9.44. The Morgan fingerprint density at radius 1 is 1.46 bits per heavy atom. The molecule has 0 spiro atoms. The van der Waals surface area contributed by atoms with Crippen molar-refractivity contribution in [3.8, 4) is 18.1 Å². The van der Waals surface area contributed by atoms with Gasteiger partial charge in [-0.05, 0) is 41.4 Å². The Morgan fingerprint density at radius 3 is 2.62 bits per heavy atom. The van der Waals surface area contributed by atoms with Crippen LogP contribution < -0.4 is 0 Å². The van der Waals surface area contributed by atoms with Gasteiger partial charge in [-0.1, -0.05) is 18.1 Å². The van der Waals surface area contributed by atoms with Crippen LogP contribution in [0.4, 0.5) is 0 Å². The van der Waals surface area contributed by atoms with E-state index in [-0.39, 0.29) is 11.2 Å². The van der Waals surface area contributed by atoms with Crippen molar-refractivity contribution in [2.24, 2.45) is 0 Å². The van der Waals surface area contributed by atoms with Gasteiger partial charge in [0, 0.05) is 0 Å². The second-order valence-corrected chi connectivity index (χ2v) is 4.20. The van der Waals surface area contributed by atoms with E-state index in [2.05, 4.69) is 21.9 Å². The normalized spacial score (nSPS) is 10.9. The molecule has 1 aromatic carbocycles. The number of terminal acetylenes is 1. The van der Waals surface area contributed by atoms with Crippen molar-refractivity contribution in [3.63, 3.8) is 0 Å². The summed E-state index contributed by atoms with van der Waals surface area (Å²) in [6.07, 6.45) is 5.40. The van der Waals surface area contributed by atoms with Crippen LogP contribution in [-0.4, -0.2) is 5.11 Å². The highest BCUT2D eigenvalue weighted by Gasteiger charge is 2.21. The number of phenolic OH excluding ortho intramolecular Hbond substituents is 1. The van der Waals surface area contributed by atoms with Crippen LogP contribution in [0.15, 0.2) is 22.7 Å². The van der Waals surface area contributed by atoms with Gasteiger partial charge in [0.05, 0.1) is 9.89 Å². The molecule has 0 radical (unpaired) electrons. The van der Waals surface area contributed by atoms with Crippen molar-refractivity contribution < 1.29 is 5.11 Å². The van der Waals surface area contributed by atoms with Gasteiger partial charge < -0.3 is 5.11 Å². The zero-order chi connectivity index (χ0) is 10.1. The van der Waals surface area contributed by atoms with Crippen molar-refractivity contribution in [1.29, 1.82) is 0 Å². The first-order chi connectivity index (χ1) is 5.99. The van der Waals surface area contributed by atoms with Crippen molar-refractivity contribution in [3.05, 3.63) is 28.2 Å². The van der Waals surface area contributed by atoms with Crippen molar-refractivity contribution in [2.75, 3.05) is 0 Å². The molecule has 0 aliphatic rings. The summed E-state index contributed by atoms with van der Waals surface area (Å²) in [6, 6.07) is 5.32. The van der Waals surface area contributed by atoms with Crippen LogP contribution in [0.1, 0.15) is 19.4 Å². The monoisotopic (exact) mass is 238 g/mol. The predicted octanol–water partition coefficient (Wildman–Crippen LogP) is 3.07. The maximum atomic E-state index is 9.44. The number of phenols is 1. The second kappa shape index (κ2) is 3.43. The number of hydrogen-bond acceptors (Lipinski definition) is 1. The van der Waals surface area contributed by atoms with Crippen LogP contribution in [0.5, 0.6) is 5.75 Å².